The highest BCUT2D eigenvalue weighted by Crippen LogP contribution is 2.13. The van der Waals surface area contributed by atoms with Crippen LogP contribution in [0.1, 0.15) is 143 Å². The Morgan fingerprint density at radius 2 is 1.28 bits per heavy atom. The van der Waals surface area contributed by atoms with E-state index in [0.29, 0.717) is 19.3 Å². The number of carbonyl (C=O) groups is 3. The van der Waals surface area contributed by atoms with E-state index in [0.717, 1.165) is 63.7 Å². The normalized spacial score (nSPS) is 12.8. The van der Waals surface area contributed by atoms with Crippen molar-refractivity contribution in [3.8, 4) is 0 Å². The molecule has 1 atom stereocenters. The van der Waals surface area contributed by atoms with E-state index in [1.165, 1.54) is 38.5 Å². The van der Waals surface area contributed by atoms with Crippen molar-refractivity contribution < 1.29 is 29.0 Å². The number of esters is 2. The van der Waals surface area contributed by atoms with Crippen molar-refractivity contribution in [1.29, 1.82) is 0 Å². The van der Waals surface area contributed by atoms with E-state index in [4.69, 9.17) is 9.47 Å². The fourth-order valence-electron chi connectivity index (χ4n) is 4.39. The molecule has 246 valence electrons. The summed E-state index contributed by atoms with van der Waals surface area (Å²) in [4.78, 5) is 35.7. The van der Waals surface area contributed by atoms with Crippen LogP contribution in [0.3, 0.4) is 0 Å². The average Bonchev–Trinajstić information content (AvgIpc) is 2.98. The second-order valence-corrected chi connectivity index (χ2v) is 11.8. The number of rotatable bonds is 29. The molecule has 0 radical (unpaired) electrons. The summed E-state index contributed by atoms with van der Waals surface area (Å²) in [5.74, 6) is 0.284. The summed E-state index contributed by atoms with van der Waals surface area (Å²) >= 11 is 0. The number of allylic oxidation sites excluding steroid dienone is 8. The van der Waals surface area contributed by atoms with Crippen LogP contribution in [-0.2, 0) is 23.9 Å². The molecule has 0 bridgehead atoms. The lowest BCUT2D eigenvalue weighted by Crippen LogP contribution is -2.28. The number of aliphatic hydroxyl groups excluding tert-OH is 1. The van der Waals surface area contributed by atoms with Gasteiger partial charge >= 0.3 is 11.9 Å². The van der Waals surface area contributed by atoms with Gasteiger partial charge in [0.1, 0.15) is 6.61 Å². The van der Waals surface area contributed by atoms with Crippen LogP contribution in [0.2, 0.25) is 0 Å². The fourth-order valence-corrected chi connectivity index (χ4v) is 4.39. The smallest absolute Gasteiger partial charge is 0.306 e. The van der Waals surface area contributed by atoms with Crippen molar-refractivity contribution in [1.82, 2.24) is 0 Å². The number of aliphatic hydroxyl groups is 1. The molecule has 0 heterocycles. The van der Waals surface area contributed by atoms with Crippen LogP contribution in [0.25, 0.3) is 0 Å². The van der Waals surface area contributed by atoms with E-state index >= 15 is 0 Å². The average molecular weight is 603 g/mol. The van der Waals surface area contributed by atoms with Crippen molar-refractivity contribution >= 4 is 17.7 Å². The zero-order valence-corrected chi connectivity index (χ0v) is 27.6. The molecule has 43 heavy (non-hydrogen) atoms. The van der Waals surface area contributed by atoms with Crippen molar-refractivity contribution in [2.75, 3.05) is 13.2 Å². The van der Waals surface area contributed by atoms with Gasteiger partial charge in [-0.25, -0.2) is 0 Å². The first-order valence-corrected chi connectivity index (χ1v) is 17.0. The van der Waals surface area contributed by atoms with Crippen LogP contribution in [0.5, 0.6) is 0 Å². The summed E-state index contributed by atoms with van der Waals surface area (Å²) < 4.78 is 10.5. The Morgan fingerprint density at radius 3 is 1.95 bits per heavy atom. The molecular formula is C37H62O6. The van der Waals surface area contributed by atoms with Crippen LogP contribution in [0.4, 0.5) is 0 Å². The van der Waals surface area contributed by atoms with E-state index in [9.17, 15) is 19.5 Å². The van der Waals surface area contributed by atoms with Crippen LogP contribution >= 0.6 is 0 Å². The number of ether oxygens (including phenoxy) is 2. The lowest BCUT2D eigenvalue weighted by atomic mass is 10.0. The number of hydrogen-bond acceptors (Lipinski definition) is 6. The molecule has 0 amide bonds. The maximum absolute atomic E-state index is 12.1. The van der Waals surface area contributed by atoms with E-state index in [2.05, 4.69) is 39.0 Å². The molecule has 0 unspecified atom stereocenters. The van der Waals surface area contributed by atoms with Gasteiger partial charge in [-0.05, 0) is 50.5 Å². The molecule has 1 N–H and O–H groups in total. The molecule has 0 spiro atoms. The van der Waals surface area contributed by atoms with Gasteiger partial charge < -0.3 is 14.6 Å². The third-order valence-corrected chi connectivity index (χ3v) is 7.03. The Kier molecular flexibility index (Phi) is 29.2. The van der Waals surface area contributed by atoms with Crippen molar-refractivity contribution in [2.24, 2.45) is 5.92 Å². The Morgan fingerprint density at radius 1 is 0.674 bits per heavy atom. The molecule has 0 saturated heterocycles. The van der Waals surface area contributed by atoms with Gasteiger partial charge in [-0.15, -0.1) is 0 Å². The predicted octanol–water partition coefficient (Wildman–Crippen LogP) is 9.32. The highest BCUT2D eigenvalue weighted by Gasteiger charge is 2.15. The molecule has 0 aliphatic carbocycles. The second-order valence-electron chi connectivity index (χ2n) is 11.8. The maximum atomic E-state index is 12.1. The van der Waals surface area contributed by atoms with Gasteiger partial charge in [0.15, 0.2) is 11.9 Å². The first-order valence-electron chi connectivity index (χ1n) is 17.0. The summed E-state index contributed by atoms with van der Waals surface area (Å²) in [6, 6.07) is 0. The van der Waals surface area contributed by atoms with Crippen molar-refractivity contribution in [3.63, 3.8) is 0 Å². The molecule has 0 aromatic carbocycles. The Labute approximate surface area is 263 Å². The lowest BCUT2D eigenvalue weighted by Gasteiger charge is -2.15. The minimum absolute atomic E-state index is 0.105. The van der Waals surface area contributed by atoms with Gasteiger partial charge in [0, 0.05) is 19.3 Å². The first-order chi connectivity index (χ1) is 20.9. The van der Waals surface area contributed by atoms with Gasteiger partial charge in [-0.2, -0.15) is 0 Å². The molecule has 0 aliphatic heterocycles. The molecule has 6 nitrogen and oxygen atoms in total. The van der Waals surface area contributed by atoms with Gasteiger partial charge in [-0.3, -0.25) is 14.4 Å². The third kappa shape index (κ3) is 30.8. The number of hydrogen-bond donors (Lipinski definition) is 1. The summed E-state index contributed by atoms with van der Waals surface area (Å²) in [5.41, 5.74) is 0. The highest BCUT2D eigenvalue weighted by atomic mass is 16.6. The van der Waals surface area contributed by atoms with Crippen LogP contribution in [0, 0.1) is 5.92 Å². The zero-order valence-electron chi connectivity index (χ0n) is 27.6. The first kappa shape index (κ1) is 40.5. The summed E-state index contributed by atoms with van der Waals surface area (Å²) in [6.07, 6.45) is 33.0. The molecule has 0 aromatic heterocycles. The van der Waals surface area contributed by atoms with E-state index < -0.39 is 12.1 Å². The summed E-state index contributed by atoms with van der Waals surface area (Å²) in [5, 5.41) is 9.49. The van der Waals surface area contributed by atoms with E-state index in [-0.39, 0.29) is 31.4 Å². The molecular weight excluding hydrogens is 540 g/mol. The van der Waals surface area contributed by atoms with Gasteiger partial charge in [0.05, 0.1) is 6.61 Å². The van der Waals surface area contributed by atoms with E-state index in [1.54, 1.807) is 6.08 Å². The van der Waals surface area contributed by atoms with Crippen LogP contribution < -0.4 is 0 Å². The summed E-state index contributed by atoms with van der Waals surface area (Å²) in [6.45, 7) is 6.20. The molecule has 0 rings (SSSR count). The SMILES string of the molecule is CCCCCC(=O)/C=C/C=C\C/C=C\C/C=C\CCCC(=O)O[C@@H](CO)COC(=O)CCCCCCCCCCC(C)C. The molecule has 6 heteroatoms. The minimum Gasteiger partial charge on any atom is -0.462 e. The molecule has 0 saturated carbocycles. The van der Waals surface area contributed by atoms with Crippen LogP contribution in [0.15, 0.2) is 48.6 Å². The second kappa shape index (κ2) is 31.0. The largest absolute Gasteiger partial charge is 0.462 e. The molecule has 0 aromatic rings. The molecule has 0 fully saturated rings. The highest BCUT2D eigenvalue weighted by molar-refractivity contribution is 5.89. The Bertz CT molecular complexity index is 808. The maximum Gasteiger partial charge on any atom is 0.306 e. The monoisotopic (exact) mass is 602 g/mol. The van der Waals surface area contributed by atoms with Crippen molar-refractivity contribution in [3.05, 3.63) is 48.6 Å². The Balaban J connectivity index is 3.78. The van der Waals surface area contributed by atoms with Crippen molar-refractivity contribution in [2.45, 2.75) is 149 Å². The van der Waals surface area contributed by atoms with Gasteiger partial charge in [0.25, 0.3) is 0 Å². The van der Waals surface area contributed by atoms with E-state index in [1.807, 2.05) is 24.3 Å². The third-order valence-electron chi connectivity index (χ3n) is 7.03. The number of carbonyl (C=O) groups excluding carboxylic acids is 3. The Hall–Kier alpha value is -2.47. The number of ketones is 1. The predicted molar refractivity (Wildman–Crippen MR) is 178 cm³/mol. The fraction of sp³-hybridized carbons (Fsp3) is 0.703. The van der Waals surface area contributed by atoms with Gasteiger partial charge in [-0.1, -0.05) is 128 Å². The lowest BCUT2D eigenvalue weighted by molar-refractivity contribution is -0.161. The zero-order chi connectivity index (χ0) is 31.8. The molecule has 0 aliphatic rings. The minimum atomic E-state index is -0.816. The van der Waals surface area contributed by atoms with Crippen LogP contribution in [-0.4, -0.2) is 42.1 Å². The standard InChI is InChI=1S/C37H62O6/c1-4-5-21-27-34(39)28-23-18-14-9-7-6-8-10-16-20-25-30-37(41)43-35(31-38)32-42-36(40)29-24-19-15-12-11-13-17-22-26-33(2)3/h6-7,10,14,16,18,23,28,33,35,38H,4-5,8-9,11-13,15,17,19-22,24-27,29-32H2,1-3H3/b7-6-,16-10-,18-14-,28-23+/t35-/m0/s1. The number of unbranched alkanes of at least 4 members (excludes halogenated alkanes) is 10. The topological polar surface area (TPSA) is 89.9 Å². The summed E-state index contributed by atoms with van der Waals surface area (Å²) in [7, 11) is 0. The van der Waals surface area contributed by atoms with Gasteiger partial charge in [0.2, 0.25) is 0 Å². The quantitative estimate of drug-likeness (QED) is 0.0302.